The molecule has 0 unspecified atom stereocenters. The third-order valence-corrected chi connectivity index (χ3v) is 2.41. The van der Waals surface area contributed by atoms with Crippen molar-refractivity contribution < 1.29 is 4.79 Å². The zero-order valence-electron chi connectivity index (χ0n) is 11.2. The van der Waals surface area contributed by atoms with Gasteiger partial charge in [0.25, 0.3) is 0 Å². The van der Waals surface area contributed by atoms with E-state index in [1.165, 1.54) is 0 Å². The summed E-state index contributed by atoms with van der Waals surface area (Å²) in [6, 6.07) is 5.15. The molecule has 1 heterocycles. The van der Waals surface area contributed by atoms with Crippen molar-refractivity contribution in [3.05, 3.63) is 28.9 Å². The van der Waals surface area contributed by atoms with Gasteiger partial charge in [0, 0.05) is 10.9 Å². The van der Waals surface area contributed by atoms with Crippen LogP contribution in [0.25, 0.3) is 10.9 Å². The summed E-state index contributed by atoms with van der Waals surface area (Å²) in [6.07, 6.45) is 10.4. The smallest absolute Gasteiger partial charge is 0.150 e. The van der Waals surface area contributed by atoms with Crippen molar-refractivity contribution in [3.8, 4) is 60.2 Å². The lowest BCUT2D eigenvalue weighted by Crippen LogP contribution is -1.77. The molecule has 0 saturated carbocycles. The molecule has 22 heavy (non-hydrogen) atoms. The van der Waals surface area contributed by atoms with Crippen molar-refractivity contribution in [2.24, 2.45) is 0 Å². The number of halogens is 1. The SMILES string of the molecule is C#CC#CC#CC#CC#C.O=Cc1ccc2n[nH]c(Cl)c2c1. The number of carbonyl (C=O) groups excluding carboxylic acids is 1. The van der Waals surface area contributed by atoms with E-state index in [9.17, 15) is 4.79 Å². The van der Waals surface area contributed by atoms with Crippen LogP contribution in [0.5, 0.6) is 0 Å². The molecule has 1 aromatic heterocycles. The molecule has 0 saturated heterocycles. The Morgan fingerprint density at radius 2 is 1.64 bits per heavy atom. The molecule has 0 radical (unpaired) electrons. The molecule has 0 aliphatic carbocycles. The minimum Gasteiger partial charge on any atom is -0.298 e. The van der Waals surface area contributed by atoms with E-state index in [1.807, 2.05) is 0 Å². The molecule has 0 amide bonds. The maximum absolute atomic E-state index is 10.4. The Morgan fingerprint density at radius 3 is 2.18 bits per heavy atom. The lowest BCUT2D eigenvalue weighted by Gasteiger charge is -1.89. The van der Waals surface area contributed by atoms with Crippen molar-refractivity contribution in [1.82, 2.24) is 10.2 Å². The monoisotopic (exact) mass is 302 g/mol. The highest BCUT2D eigenvalue weighted by Crippen LogP contribution is 2.20. The summed E-state index contributed by atoms with van der Waals surface area (Å²) in [7, 11) is 0. The molecule has 2 aromatic rings. The second kappa shape index (κ2) is 9.37. The van der Waals surface area contributed by atoms with Crippen LogP contribution in [-0.4, -0.2) is 16.5 Å². The lowest BCUT2D eigenvalue weighted by atomic mass is 10.2. The fraction of sp³-hybridized carbons (Fsp3) is 0. The number of aldehydes is 1. The molecule has 0 aliphatic heterocycles. The fourth-order valence-electron chi connectivity index (χ4n) is 1.27. The molecule has 0 spiro atoms. The van der Waals surface area contributed by atoms with Gasteiger partial charge in [-0.2, -0.15) is 5.10 Å². The summed E-state index contributed by atoms with van der Waals surface area (Å²) in [5, 5.41) is 7.79. The number of aromatic nitrogens is 2. The third kappa shape index (κ3) is 5.21. The van der Waals surface area contributed by atoms with Crippen LogP contribution < -0.4 is 0 Å². The Balaban J connectivity index is 0.000000225. The number of benzene rings is 1. The summed E-state index contributed by atoms with van der Waals surface area (Å²) in [5.41, 5.74) is 1.37. The van der Waals surface area contributed by atoms with E-state index in [0.29, 0.717) is 10.7 Å². The van der Waals surface area contributed by atoms with Crippen LogP contribution in [0.2, 0.25) is 5.15 Å². The average Bonchev–Trinajstić information content (AvgIpc) is 2.92. The van der Waals surface area contributed by atoms with Crippen molar-refractivity contribution in [2.75, 3.05) is 0 Å². The van der Waals surface area contributed by atoms with Crippen LogP contribution in [-0.2, 0) is 0 Å². The van der Waals surface area contributed by atoms with Gasteiger partial charge < -0.3 is 0 Å². The molecule has 2 rings (SSSR count). The largest absolute Gasteiger partial charge is 0.298 e. The van der Waals surface area contributed by atoms with Gasteiger partial charge in [0.2, 0.25) is 0 Å². The zero-order chi connectivity index (χ0) is 16.2. The lowest BCUT2D eigenvalue weighted by molar-refractivity contribution is 0.112. The third-order valence-electron chi connectivity index (χ3n) is 2.12. The van der Waals surface area contributed by atoms with Crippen LogP contribution in [0, 0.1) is 60.2 Å². The predicted molar refractivity (Wildman–Crippen MR) is 87.5 cm³/mol. The van der Waals surface area contributed by atoms with E-state index >= 15 is 0 Å². The number of H-pyrrole nitrogens is 1. The van der Waals surface area contributed by atoms with Crippen LogP contribution in [0.3, 0.4) is 0 Å². The number of carbonyl (C=O) groups is 1. The van der Waals surface area contributed by atoms with Gasteiger partial charge in [-0.15, -0.1) is 12.8 Å². The molecule has 0 aliphatic rings. The van der Waals surface area contributed by atoms with Crippen LogP contribution in [0.15, 0.2) is 18.2 Å². The summed E-state index contributed by atoms with van der Waals surface area (Å²) >= 11 is 5.77. The first-order chi connectivity index (χ1) is 10.7. The number of nitrogens with zero attached hydrogens (tertiary/aromatic N) is 1. The predicted octanol–water partition coefficient (Wildman–Crippen LogP) is 2.29. The average molecular weight is 303 g/mol. The first-order valence-corrected chi connectivity index (χ1v) is 6.10. The first-order valence-electron chi connectivity index (χ1n) is 5.73. The van der Waals surface area contributed by atoms with Crippen LogP contribution in [0.1, 0.15) is 10.4 Å². The molecule has 0 atom stereocenters. The van der Waals surface area contributed by atoms with Crippen molar-refractivity contribution >= 4 is 28.8 Å². The topological polar surface area (TPSA) is 45.8 Å². The van der Waals surface area contributed by atoms with Gasteiger partial charge in [-0.1, -0.05) is 11.6 Å². The number of fused-ring (bicyclic) bond motifs is 1. The minimum absolute atomic E-state index is 0.466. The number of nitrogens with one attached hydrogen (secondary N) is 1. The Bertz CT molecular complexity index is 916. The van der Waals surface area contributed by atoms with Gasteiger partial charge in [0.05, 0.1) is 5.52 Å². The van der Waals surface area contributed by atoms with E-state index in [4.69, 9.17) is 24.4 Å². The number of rotatable bonds is 1. The van der Waals surface area contributed by atoms with E-state index in [2.05, 4.69) is 57.6 Å². The van der Waals surface area contributed by atoms with Crippen molar-refractivity contribution in [1.29, 1.82) is 0 Å². The van der Waals surface area contributed by atoms with Crippen LogP contribution >= 0.6 is 11.6 Å². The van der Waals surface area contributed by atoms with Gasteiger partial charge in [-0.05, 0) is 65.6 Å². The highest BCUT2D eigenvalue weighted by atomic mass is 35.5. The normalized spacial score (nSPS) is 7.23. The molecule has 4 heteroatoms. The summed E-state index contributed by atoms with van der Waals surface area (Å²) in [5.74, 6) is 18.4. The molecular weight excluding hydrogens is 296 g/mol. The van der Waals surface area contributed by atoms with Gasteiger partial charge >= 0.3 is 0 Å². The number of terminal acetylenes is 2. The Labute approximate surface area is 133 Å². The molecular formula is C18H7ClN2O. The van der Waals surface area contributed by atoms with Gasteiger partial charge in [-0.3, -0.25) is 9.89 Å². The fourth-order valence-corrected chi connectivity index (χ4v) is 1.46. The molecule has 102 valence electrons. The number of hydrogen-bond acceptors (Lipinski definition) is 2. The second-order valence-electron chi connectivity index (χ2n) is 3.47. The minimum atomic E-state index is 0.466. The molecule has 1 aromatic carbocycles. The Kier molecular flexibility index (Phi) is 7.03. The maximum Gasteiger partial charge on any atom is 0.150 e. The maximum atomic E-state index is 10.4. The second-order valence-corrected chi connectivity index (χ2v) is 3.85. The molecule has 1 N–H and O–H groups in total. The van der Waals surface area contributed by atoms with Gasteiger partial charge in [0.15, 0.2) is 0 Å². The highest BCUT2D eigenvalue weighted by molar-refractivity contribution is 6.34. The van der Waals surface area contributed by atoms with E-state index in [-0.39, 0.29) is 0 Å². The van der Waals surface area contributed by atoms with Gasteiger partial charge in [-0.25, -0.2) is 0 Å². The van der Waals surface area contributed by atoms with Gasteiger partial charge in [0.1, 0.15) is 11.4 Å². The van der Waals surface area contributed by atoms with Crippen LogP contribution in [0.4, 0.5) is 0 Å². The Morgan fingerprint density at radius 1 is 1.05 bits per heavy atom. The van der Waals surface area contributed by atoms with Crippen molar-refractivity contribution in [3.63, 3.8) is 0 Å². The highest BCUT2D eigenvalue weighted by Gasteiger charge is 2.02. The molecule has 3 nitrogen and oxygen atoms in total. The van der Waals surface area contributed by atoms with E-state index < -0.39 is 0 Å². The van der Waals surface area contributed by atoms with E-state index in [1.54, 1.807) is 18.2 Å². The summed E-state index contributed by atoms with van der Waals surface area (Å²) in [4.78, 5) is 10.4. The quantitative estimate of drug-likeness (QED) is 0.649. The molecule has 0 bridgehead atoms. The standard InChI is InChI=1S/C10H2.C8H5ClN2O/c1-3-5-7-9-10-8-6-4-2;9-8-6-3-5(4-12)1-2-7(6)10-11-8/h1-2H;1-4H,(H,10,11). The summed E-state index contributed by atoms with van der Waals surface area (Å²) < 4.78 is 0. The zero-order valence-corrected chi connectivity index (χ0v) is 12.0. The first kappa shape index (κ1) is 16.5. The van der Waals surface area contributed by atoms with Crippen molar-refractivity contribution in [2.45, 2.75) is 0 Å². The number of aromatic amines is 1. The van der Waals surface area contributed by atoms with E-state index in [0.717, 1.165) is 17.2 Å². The number of hydrogen-bond donors (Lipinski definition) is 1. The Hall–Kier alpha value is -3.55. The molecule has 0 fully saturated rings. The summed E-state index contributed by atoms with van der Waals surface area (Å²) in [6.45, 7) is 0.